The molecule has 1 aromatic rings. The molecule has 1 atom stereocenters. The quantitative estimate of drug-likeness (QED) is 0.868. The van der Waals surface area contributed by atoms with E-state index in [-0.39, 0.29) is 11.9 Å². The lowest BCUT2D eigenvalue weighted by Crippen LogP contribution is -2.51. The maximum atomic E-state index is 12.4. The van der Waals surface area contributed by atoms with E-state index in [1.54, 1.807) is 0 Å². The van der Waals surface area contributed by atoms with Crippen LogP contribution in [0.4, 0.5) is 0 Å². The van der Waals surface area contributed by atoms with Crippen LogP contribution in [0.2, 0.25) is 0 Å². The number of hydrogen-bond acceptors (Lipinski definition) is 4. The van der Waals surface area contributed by atoms with Crippen molar-refractivity contribution in [1.82, 2.24) is 20.0 Å². The smallest absolute Gasteiger partial charge is 0.271 e. The van der Waals surface area contributed by atoms with Gasteiger partial charge in [-0.1, -0.05) is 13.8 Å². The van der Waals surface area contributed by atoms with Gasteiger partial charge < -0.3 is 10.1 Å². The van der Waals surface area contributed by atoms with E-state index in [4.69, 9.17) is 4.74 Å². The van der Waals surface area contributed by atoms with E-state index in [2.05, 4.69) is 43.0 Å². The van der Waals surface area contributed by atoms with E-state index in [9.17, 15) is 4.79 Å². The van der Waals surface area contributed by atoms with Crippen LogP contribution in [0.15, 0.2) is 6.07 Å². The van der Waals surface area contributed by atoms with Crippen molar-refractivity contribution in [2.24, 2.45) is 5.92 Å². The minimum atomic E-state index is -0.0913. The number of morpholine rings is 1. The summed E-state index contributed by atoms with van der Waals surface area (Å²) in [5.74, 6) is 0.384. The summed E-state index contributed by atoms with van der Waals surface area (Å²) < 4.78 is 7.31. The van der Waals surface area contributed by atoms with E-state index < -0.39 is 0 Å². The van der Waals surface area contributed by atoms with Gasteiger partial charge in [0.2, 0.25) is 0 Å². The van der Waals surface area contributed by atoms with Crippen molar-refractivity contribution in [2.45, 2.75) is 46.7 Å². The zero-order chi connectivity index (χ0) is 17.0. The Balaban J connectivity index is 1.97. The number of hydrogen-bond donors (Lipinski definition) is 1. The highest BCUT2D eigenvalue weighted by Gasteiger charge is 2.25. The van der Waals surface area contributed by atoms with Crippen molar-refractivity contribution < 1.29 is 9.53 Å². The predicted octanol–water partition coefficient (Wildman–Crippen LogP) is 1.86. The van der Waals surface area contributed by atoms with Crippen LogP contribution in [-0.2, 0) is 4.74 Å². The second kappa shape index (κ2) is 7.93. The normalized spacial score (nSPS) is 17.7. The first-order valence-corrected chi connectivity index (χ1v) is 8.56. The molecule has 6 nitrogen and oxygen atoms in total. The predicted molar refractivity (Wildman–Crippen MR) is 90.7 cm³/mol. The van der Waals surface area contributed by atoms with Crippen LogP contribution in [0.25, 0.3) is 0 Å². The van der Waals surface area contributed by atoms with Gasteiger partial charge in [-0.3, -0.25) is 14.4 Å². The number of aromatic nitrogens is 2. The molecule has 0 bridgehead atoms. The van der Waals surface area contributed by atoms with Gasteiger partial charge in [0.05, 0.1) is 13.2 Å². The Morgan fingerprint density at radius 1 is 1.30 bits per heavy atom. The third kappa shape index (κ3) is 4.54. The molecule has 6 heteroatoms. The van der Waals surface area contributed by atoms with Crippen LogP contribution in [0, 0.1) is 12.8 Å². The summed E-state index contributed by atoms with van der Waals surface area (Å²) in [5.41, 5.74) is 1.51. The number of aryl methyl sites for hydroxylation is 1. The Kier molecular flexibility index (Phi) is 6.18. The van der Waals surface area contributed by atoms with E-state index in [0.29, 0.717) is 24.2 Å². The number of carbonyl (C=O) groups is 1. The lowest BCUT2D eigenvalue weighted by atomic mass is 10.0. The molecule has 1 aliphatic heterocycles. The Labute approximate surface area is 139 Å². The number of carbonyl (C=O) groups excluding carboxylic acids is 1. The highest BCUT2D eigenvalue weighted by atomic mass is 16.5. The molecule has 1 amide bonds. The second-order valence-corrected chi connectivity index (χ2v) is 6.88. The van der Waals surface area contributed by atoms with E-state index in [0.717, 1.165) is 32.0 Å². The molecule has 1 aliphatic rings. The fourth-order valence-corrected chi connectivity index (χ4v) is 3.10. The van der Waals surface area contributed by atoms with E-state index >= 15 is 0 Å². The molecular formula is C17H30N4O2. The third-order valence-electron chi connectivity index (χ3n) is 4.40. The van der Waals surface area contributed by atoms with Gasteiger partial charge in [0, 0.05) is 37.4 Å². The van der Waals surface area contributed by atoms with Gasteiger partial charge in [0.1, 0.15) is 5.69 Å². The Bertz CT molecular complexity index is 519. The topological polar surface area (TPSA) is 59.4 Å². The molecule has 0 saturated carbocycles. The molecular weight excluding hydrogens is 292 g/mol. The van der Waals surface area contributed by atoms with Crippen LogP contribution in [-0.4, -0.2) is 59.5 Å². The number of amides is 1. The van der Waals surface area contributed by atoms with Gasteiger partial charge >= 0.3 is 0 Å². The molecule has 23 heavy (non-hydrogen) atoms. The number of ether oxygens (including phenoxy) is 1. The molecule has 1 unspecified atom stereocenters. The number of rotatable bonds is 6. The zero-order valence-corrected chi connectivity index (χ0v) is 15.0. The largest absolute Gasteiger partial charge is 0.379 e. The SMILES string of the molecule is Cc1cc(C(=O)NCC(C(C)C)N2CCOCC2)nn1C(C)C. The zero-order valence-electron chi connectivity index (χ0n) is 15.0. The molecule has 0 radical (unpaired) electrons. The summed E-state index contributed by atoms with van der Waals surface area (Å²) in [6.07, 6.45) is 0. The molecule has 1 saturated heterocycles. The van der Waals surface area contributed by atoms with Gasteiger partial charge in [-0.2, -0.15) is 5.10 Å². The van der Waals surface area contributed by atoms with Crippen LogP contribution in [0.3, 0.4) is 0 Å². The maximum Gasteiger partial charge on any atom is 0.271 e. The number of nitrogens with one attached hydrogen (secondary N) is 1. The first-order chi connectivity index (χ1) is 10.9. The fraction of sp³-hybridized carbons (Fsp3) is 0.765. The molecule has 1 fully saturated rings. The van der Waals surface area contributed by atoms with Crippen molar-refractivity contribution in [3.8, 4) is 0 Å². The number of nitrogens with zero attached hydrogens (tertiary/aromatic N) is 3. The maximum absolute atomic E-state index is 12.4. The Morgan fingerprint density at radius 2 is 1.96 bits per heavy atom. The van der Waals surface area contributed by atoms with Crippen molar-refractivity contribution in [3.63, 3.8) is 0 Å². The molecule has 2 heterocycles. The lowest BCUT2D eigenvalue weighted by molar-refractivity contribution is 0.00671. The average molecular weight is 322 g/mol. The van der Waals surface area contributed by atoms with Gasteiger partial charge in [-0.15, -0.1) is 0 Å². The second-order valence-electron chi connectivity index (χ2n) is 6.88. The molecule has 0 aliphatic carbocycles. The Hall–Kier alpha value is -1.40. The molecule has 0 aromatic carbocycles. The first kappa shape index (κ1) is 17.9. The van der Waals surface area contributed by atoms with Gasteiger partial charge in [-0.25, -0.2) is 0 Å². The first-order valence-electron chi connectivity index (χ1n) is 8.56. The van der Waals surface area contributed by atoms with Crippen molar-refractivity contribution in [1.29, 1.82) is 0 Å². The monoisotopic (exact) mass is 322 g/mol. The van der Waals surface area contributed by atoms with Gasteiger partial charge in [0.15, 0.2) is 0 Å². The van der Waals surface area contributed by atoms with Crippen LogP contribution in [0.1, 0.15) is 49.9 Å². The van der Waals surface area contributed by atoms with Crippen molar-refractivity contribution in [3.05, 3.63) is 17.5 Å². The molecule has 0 spiro atoms. The van der Waals surface area contributed by atoms with Crippen LogP contribution >= 0.6 is 0 Å². The van der Waals surface area contributed by atoms with Gasteiger partial charge in [0.25, 0.3) is 5.91 Å². The summed E-state index contributed by atoms with van der Waals surface area (Å²) in [6, 6.07) is 2.44. The van der Waals surface area contributed by atoms with Crippen LogP contribution in [0.5, 0.6) is 0 Å². The summed E-state index contributed by atoms with van der Waals surface area (Å²) >= 11 is 0. The van der Waals surface area contributed by atoms with E-state index in [1.165, 1.54) is 0 Å². The average Bonchev–Trinajstić information content (AvgIpc) is 2.90. The van der Waals surface area contributed by atoms with Gasteiger partial charge in [-0.05, 0) is 32.8 Å². The minimum Gasteiger partial charge on any atom is -0.379 e. The molecule has 130 valence electrons. The Morgan fingerprint density at radius 3 is 2.48 bits per heavy atom. The fourth-order valence-electron chi connectivity index (χ4n) is 3.10. The lowest BCUT2D eigenvalue weighted by Gasteiger charge is -2.36. The standard InChI is InChI=1S/C17H30N4O2/c1-12(2)16(20-6-8-23-9-7-20)11-18-17(22)15-10-14(5)21(19-15)13(3)4/h10,12-13,16H,6-9,11H2,1-5H3,(H,18,22). The van der Waals surface area contributed by atoms with Crippen molar-refractivity contribution >= 4 is 5.91 Å². The molecule has 2 rings (SSSR count). The van der Waals surface area contributed by atoms with Crippen molar-refractivity contribution in [2.75, 3.05) is 32.8 Å². The summed E-state index contributed by atoms with van der Waals surface area (Å²) in [7, 11) is 0. The third-order valence-corrected chi connectivity index (χ3v) is 4.40. The highest BCUT2D eigenvalue weighted by Crippen LogP contribution is 2.13. The molecule has 1 N–H and O–H groups in total. The minimum absolute atomic E-state index is 0.0913. The van der Waals surface area contributed by atoms with Crippen LogP contribution < -0.4 is 5.32 Å². The summed E-state index contributed by atoms with van der Waals surface area (Å²) in [4.78, 5) is 14.8. The summed E-state index contributed by atoms with van der Waals surface area (Å²) in [6.45, 7) is 14.6. The summed E-state index contributed by atoms with van der Waals surface area (Å²) in [5, 5.41) is 7.48. The highest BCUT2D eigenvalue weighted by molar-refractivity contribution is 5.92. The van der Waals surface area contributed by atoms with E-state index in [1.807, 2.05) is 17.7 Å². The molecule has 1 aromatic heterocycles.